The van der Waals surface area contributed by atoms with Crippen LogP contribution >= 0.6 is 0 Å². The highest BCUT2D eigenvalue weighted by Crippen LogP contribution is 2.24. The second kappa shape index (κ2) is 9.31. The average molecular weight is 475 g/mol. The van der Waals surface area contributed by atoms with Gasteiger partial charge in [0, 0.05) is 12.3 Å². The average Bonchev–Trinajstić information content (AvgIpc) is 2.67. The lowest BCUT2D eigenvalue weighted by molar-refractivity contribution is -0.122. The zero-order valence-electron chi connectivity index (χ0n) is 17.5. The Bertz CT molecular complexity index is 1170. The third-order valence-electron chi connectivity index (χ3n) is 4.68. The minimum atomic E-state index is -4.00. The Hall–Kier alpha value is -2.53. The number of sulfonamides is 1. The van der Waals surface area contributed by atoms with E-state index in [2.05, 4.69) is 5.32 Å². The molecule has 2 aromatic carbocycles. The van der Waals surface area contributed by atoms with Crippen LogP contribution in [-0.4, -0.2) is 41.3 Å². The monoisotopic (exact) mass is 474 g/mol. The van der Waals surface area contributed by atoms with Crippen molar-refractivity contribution in [1.29, 1.82) is 0 Å². The quantitative estimate of drug-likeness (QED) is 0.634. The van der Waals surface area contributed by atoms with Gasteiger partial charge in [0.25, 0.3) is 0 Å². The maximum absolute atomic E-state index is 13.7. The van der Waals surface area contributed by atoms with Gasteiger partial charge in [-0.1, -0.05) is 19.1 Å². The smallest absolute Gasteiger partial charge is 0.244 e. The van der Waals surface area contributed by atoms with Crippen LogP contribution < -0.4 is 9.62 Å². The van der Waals surface area contributed by atoms with Gasteiger partial charge in [-0.15, -0.1) is 0 Å². The first-order valence-corrected chi connectivity index (χ1v) is 13.0. The van der Waals surface area contributed by atoms with Crippen molar-refractivity contribution in [3.05, 3.63) is 59.7 Å². The molecule has 7 nitrogen and oxygen atoms in total. The zero-order valence-corrected chi connectivity index (χ0v) is 19.1. The lowest BCUT2D eigenvalue weighted by Gasteiger charge is -2.30. The predicted octanol–water partition coefficient (Wildman–Crippen LogP) is 2.79. The zero-order chi connectivity index (χ0) is 23.6. The molecule has 2 rings (SSSR count). The molecule has 2 aromatic rings. The fourth-order valence-corrected chi connectivity index (χ4v) is 4.89. The van der Waals surface area contributed by atoms with E-state index in [1.165, 1.54) is 19.1 Å². The number of rotatable bonds is 8. The van der Waals surface area contributed by atoms with Gasteiger partial charge in [0.2, 0.25) is 15.9 Å². The molecular formula is C20H24F2N2O5S2. The molecule has 0 aromatic heterocycles. The van der Waals surface area contributed by atoms with Gasteiger partial charge < -0.3 is 5.32 Å². The number of nitrogens with one attached hydrogen (secondary N) is 1. The number of carbonyl (C=O) groups excluding carboxylic acids is 1. The molecule has 11 heteroatoms. The summed E-state index contributed by atoms with van der Waals surface area (Å²) in [5, 5.41) is 2.73. The molecule has 0 heterocycles. The van der Waals surface area contributed by atoms with Crippen molar-refractivity contribution in [2.24, 2.45) is 0 Å². The molecule has 0 saturated heterocycles. The van der Waals surface area contributed by atoms with E-state index in [4.69, 9.17) is 0 Å². The Kier molecular flexibility index (Phi) is 7.43. The molecule has 1 N–H and O–H groups in total. The maximum Gasteiger partial charge on any atom is 0.244 e. The number of nitrogens with zero attached hydrogens (tertiary/aromatic N) is 1. The van der Waals surface area contributed by atoms with Gasteiger partial charge >= 0.3 is 0 Å². The molecule has 0 fully saturated rings. The first-order chi connectivity index (χ1) is 14.3. The SMILES string of the molecule is CC[C@H](NC(=O)[C@@H](C)N(c1ccc(F)c(F)c1)S(C)(=O)=O)c1ccc(S(C)(=O)=O)cc1. The lowest BCUT2D eigenvalue weighted by Crippen LogP contribution is -2.48. The van der Waals surface area contributed by atoms with Crippen LogP contribution in [0.5, 0.6) is 0 Å². The van der Waals surface area contributed by atoms with Gasteiger partial charge in [0.15, 0.2) is 21.5 Å². The second-order valence-corrected chi connectivity index (χ2v) is 11.0. The number of anilines is 1. The van der Waals surface area contributed by atoms with E-state index in [9.17, 15) is 30.4 Å². The third-order valence-corrected chi connectivity index (χ3v) is 7.05. The molecular weight excluding hydrogens is 450 g/mol. The highest BCUT2D eigenvalue weighted by molar-refractivity contribution is 7.92. The summed E-state index contributed by atoms with van der Waals surface area (Å²) in [6.45, 7) is 3.13. The van der Waals surface area contributed by atoms with Crippen molar-refractivity contribution in [2.45, 2.75) is 37.2 Å². The first kappa shape index (κ1) is 24.7. The predicted molar refractivity (Wildman–Crippen MR) is 114 cm³/mol. The highest BCUT2D eigenvalue weighted by Gasteiger charge is 2.31. The van der Waals surface area contributed by atoms with Crippen LogP contribution in [0.15, 0.2) is 47.4 Å². The van der Waals surface area contributed by atoms with Gasteiger partial charge in [-0.25, -0.2) is 25.6 Å². The molecule has 2 atom stereocenters. The van der Waals surface area contributed by atoms with E-state index in [0.717, 1.165) is 24.6 Å². The Balaban J connectivity index is 2.30. The number of hydrogen-bond acceptors (Lipinski definition) is 5. The number of halogens is 2. The van der Waals surface area contributed by atoms with Gasteiger partial charge in [-0.2, -0.15) is 0 Å². The standard InChI is InChI=1S/C20H24F2N2O5S2/c1-5-19(14-6-9-16(10-7-14)30(3,26)27)23-20(25)13(2)24(31(4,28)29)15-8-11-17(21)18(22)12-15/h6-13,19H,5H2,1-4H3,(H,23,25)/t13-,19+/m1/s1. The molecule has 0 aliphatic carbocycles. The second-order valence-electron chi connectivity index (χ2n) is 7.14. The van der Waals surface area contributed by atoms with Crippen LogP contribution in [-0.2, 0) is 24.7 Å². The third kappa shape index (κ3) is 6.01. The number of carbonyl (C=O) groups is 1. The van der Waals surface area contributed by atoms with E-state index in [-0.39, 0.29) is 10.6 Å². The molecule has 1 amide bonds. The van der Waals surface area contributed by atoms with E-state index < -0.39 is 49.5 Å². The number of hydrogen-bond donors (Lipinski definition) is 1. The molecule has 0 aliphatic rings. The van der Waals surface area contributed by atoms with Crippen LogP contribution in [0.2, 0.25) is 0 Å². The number of amides is 1. The van der Waals surface area contributed by atoms with Crippen molar-refractivity contribution in [3.8, 4) is 0 Å². The largest absolute Gasteiger partial charge is 0.347 e. The summed E-state index contributed by atoms with van der Waals surface area (Å²) >= 11 is 0. The summed E-state index contributed by atoms with van der Waals surface area (Å²) in [5.41, 5.74) is 0.448. The van der Waals surface area contributed by atoms with Crippen molar-refractivity contribution in [3.63, 3.8) is 0 Å². The topological polar surface area (TPSA) is 101 Å². The van der Waals surface area contributed by atoms with Crippen molar-refractivity contribution in [1.82, 2.24) is 5.32 Å². The molecule has 0 unspecified atom stereocenters. The van der Waals surface area contributed by atoms with E-state index in [0.29, 0.717) is 22.4 Å². The molecule has 0 aliphatic heterocycles. The van der Waals surface area contributed by atoms with Crippen LogP contribution in [0.1, 0.15) is 31.9 Å². The summed E-state index contributed by atoms with van der Waals surface area (Å²) in [7, 11) is -7.38. The minimum absolute atomic E-state index is 0.132. The van der Waals surface area contributed by atoms with E-state index in [1.807, 2.05) is 0 Å². The molecule has 170 valence electrons. The Morgan fingerprint density at radius 1 is 1.00 bits per heavy atom. The number of benzene rings is 2. The summed E-state index contributed by atoms with van der Waals surface area (Å²) in [5.74, 6) is -3.04. The summed E-state index contributed by atoms with van der Waals surface area (Å²) in [6.07, 6.45) is 2.39. The number of sulfone groups is 1. The lowest BCUT2D eigenvalue weighted by atomic mass is 10.0. The highest BCUT2D eigenvalue weighted by atomic mass is 32.2. The molecule has 0 bridgehead atoms. The van der Waals surface area contributed by atoms with E-state index in [1.54, 1.807) is 19.1 Å². The Labute approximate surface area is 181 Å². The normalized spacial score (nSPS) is 14.0. The fraction of sp³-hybridized carbons (Fsp3) is 0.350. The van der Waals surface area contributed by atoms with Crippen molar-refractivity contribution >= 4 is 31.5 Å². The van der Waals surface area contributed by atoms with E-state index >= 15 is 0 Å². The van der Waals surface area contributed by atoms with Crippen LogP contribution in [0.4, 0.5) is 14.5 Å². The van der Waals surface area contributed by atoms with Crippen LogP contribution in [0.25, 0.3) is 0 Å². The van der Waals surface area contributed by atoms with Gasteiger partial charge in [0.05, 0.1) is 22.9 Å². The fourth-order valence-electron chi connectivity index (χ4n) is 3.09. The Morgan fingerprint density at radius 3 is 2.03 bits per heavy atom. The van der Waals surface area contributed by atoms with Crippen molar-refractivity contribution in [2.75, 3.05) is 16.8 Å². The van der Waals surface area contributed by atoms with Gasteiger partial charge in [0.1, 0.15) is 6.04 Å². The molecule has 0 radical (unpaired) electrons. The maximum atomic E-state index is 13.7. The summed E-state index contributed by atoms with van der Waals surface area (Å²) in [6, 6.07) is 6.77. The Morgan fingerprint density at radius 2 is 1.58 bits per heavy atom. The molecule has 0 spiro atoms. The summed E-state index contributed by atoms with van der Waals surface area (Å²) < 4.78 is 75.5. The van der Waals surface area contributed by atoms with Crippen LogP contribution in [0, 0.1) is 11.6 Å². The van der Waals surface area contributed by atoms with Gasteiger partial charge in [-0.05, 0) is 43.2 Å². The minimum Gasteiger partial charge on any atom is -0.347 e. The van der Waals surface area contributed by atoms with Gasteiger partial charge in [-0.3, -0.25) is 9.10 Å². The van der Waals surface area contributed by atoms with Crippen molar-refractivity contribution < 1.29 is 30.4 Å². The first-order valence-electron chi connectivity index (χ1n) is 9.30. The van der Waals surface area contributed by atoms with Crippen LogP contribution in [0.3, 0.4) is 0 Å². The molecule has 31 heavy (non-hydrogen) atoms. The molecule has 0 saturated carbocycles. The summed E-state index contributed by atoms with van der Waals surface area (Å²) in [4.78, 5) is 13.0.